The van der Waals surface area contributed by atoms with Gasteiger partial charge in [-0.15, -0.1) is 0 Å². The Hall–Kier alpha value is -4.60. The summed E-state index contributed by atoms with van der Waals surface area (Å²) >= 11 is 0. The lowest BCUT2D eigenvalue weighted by Gasteiger charge is -2.47. The smallest absolute Gasteiger partial charge is 0.387 e. The van der Waals surface area contributed by atoms with Crippen molar-refractivity contribution in [1.29, 1.82) is 5.26 Å². The zero-order valence-corrected chi connectivity index (χ0v) is 22.0. The molecular formula is C27H24F4N6O3. The molecule has 0 aliphatic carbocycles. The Labute approximate surface area is 226 Å². The van der Waals surface area contributed by atoms with Crippen molar-refractivity contribution >= 4 is 16.8 Å². The highest BCUT2D eigenvalue weighted by Gasteiger charge is 2.49. The van der Waals surface area contributed by atoms with Crippen molar-refractivity contribution in [1.82, 2.24) is 24.5 Å². The Bertz CT molecular complexity index is 1670. The van der Waals surface area contributed by atoms with Gasteiger partial charge in [0.05, 0.1) is 41.6 Å². The van der Waals surface area contributed by atoms with Crippen LogP contribution in [-0.4, -0.2) is 63.6 Å². The van der Waals surface area contributed by atoms with E-state index in [0.29, 0.717) is 27.7 Å². The van der Waals surface area contributed by atoms with E-state index in [9.17, 15) is 27.6 Å². The van der Waals surface area contributed by atoms with Crippen LogP contribution in [0.4, 0.5) is 17.6 Å². The van der Waals surface area contributed by atoms with E-state index in [1.165, 1.54) is 30.8 Å². The average molecular weight is 557 g/mol. The van der Waals surface area contributed by atoms with Gasteiger partial charge in [-0.05, 0) is 29.8 Å². The Kier molecular flexibility index (Phi) is 6.65. The molecule has 0 atom stereocenters. The molecule has 9 nitrogen and oxygen atoms in total. The van der Waals surface area contributed by atoms with E-state index in [1.54, 1.807) is 43.3 Å². The first-order valence-corrected chi connectivity index (χ1v) is 12.1. The molecule has 0 radical (unpaired) electrons. The van der Waals surface area contributed by atoms with Crippen LogP contribution in [0.1, 0.15) is 22.8 Å². The van der Waals surface area contributed by atoms with E-state index in [1.807, 2.05) is 0 Å². The van der Waals surface area contributed by atoms with E-state index in [0.717, 1.165) is 10.5 Å². The number of hydrogen-bond donors (Lipinski definition) is 0. The molecule has 1 aliphatic rings. The van der Waals surface area contributed by atoms with Crippen LogP contribution in [0.5, 0.6) is 11.5 Å². The number of aryl methyl sites for hydroxylation is 2. The van der Waals surface area contributed by atoms with Gasteiger partial charge in [0.15, 0.2) is 0 Å². The van der Waals surface area contributed by atoms with E-state index in [2.05, 4.69) is 16.3 Å². The van der Waals surface area contributed by atoms with Gasteiger partial charge in [0.1, 0.15) is 17.1 Å². The Morgan fingerprint density at radius 2 is 1.77 bits per heavy atom. The maximum Gasteiger partial charge on any atom is 0.387 e. The molecule has 0 N–H and O–H groups in total. The summed E-state index contributed by atoms with van der Waals surface area (Å²) in [5, 5.41) is 19.2. The molecule has 0 spiro atoms. The minimum absolute atomic E-state index is 0.0939. The van der Waals surface area contributed by atoms with Crippen LogP contribution in [0.2, 0.25) is 0 Å². The molecule has 2 aromatic heterocycles. The number of hydrogen-bond acceptors (Lipinski definition) is 6. The van der Waals surface area contributed by atoms with Gasteiger partial charge in [-0.2, -0.15) is 24.2 Å². The first-order valence-electron chi connectivity index (χ1n) is 12.1. The Balaban J connectivity index is 1.65. The molecule has 40 heavy (non-hydrogen) atoms. The second-order valence-corrected chi connectivity index (χ2v) is 9.95. The summed E-state index contributed by atoms with van der Waals surface area (Å²) in [7, 11) is 4.65. The average Bonchev–Trinajstić information content (AvgIpc) is 3.46. The molecule has 3 heterocycles. The molecule has 0 bridgehead atoms. The Morgan fingerprint density at radius 1 is 1.07 bits per heavy atom. The largest absolute Gasteiger partial charge is 0.496 e. The first kappa shape index (κ1) is 27.0. The predicted octanol–water partition coefficient (Wildman–Crippen LogP) is 4.85. The van der Waals surface area contributed by atoms with Gasteiger partial charge < -0.3 is 14.4 Å². The number of likely N-dealkylation sites (tertiary alicyclic amines) is 1. The molecule has 2 aromatic carbocycles. The van der Waals surface area contributed by atoms with Gasteiger partial charge in [0.2, 0.25) is 6.43 Å². The van der Waals surface area contributed by atoms with Crippen LogP contribution in [0.15, 0.2) is 36.7 Å². The summed E-state index contributed by atoms with van der Waals surface area (Å²) < 4.78 is 67.0. The summed E-state index contributed by atoms with van der Waals surface area (Å²) in [6.07, 6.45) is 0.801. The second-order valence-electron chi connectivity index (χ2n) is 9.95. The number of rotatable bonds is 7. The monoisotopic (exact) mass is 556 g/mol. The molecule has 0 saturated carbocycles. The molecule has 1 fully saturated rings. The van der Waals surface area contributed by atoms with Crippen molar-refractivity contribution in [2.24, 2.45) is 19.5 Å². The van der Waals surface area contributed by atoms with Crippen molar-refractivity contribution in [2.45, 2.75) is 20.0 Å². The zero-order chi connectivity index (χ0) is 28.9. The van der Waals surface area contributed by atoms with Crippen molar-refractivity contribution in [3.8, 4) is 40.0 Å². The molecule has 4 aromatic rings. The normalized spacial score (nSPS) is 14.5. The topological polar surface area (TPSA) is 98.2 Å². The molecule has 13 heteroatoms. The molecule has 1 amide bonds. The number of aromatic nitrogens is 4. The number of nitrogens with zero attached hydrogens (tertiary/aromatic N) is 6. The van der Waals surface area contributed by atoms with E-state index >= 15 is 0 Å². The maximum atomic E-state index is 13.5. The summed E-state index contributed by atoms with van der Waals surface area (Å²) in [6.45, 7) is -2.44. The maximum absolute atomic E-state index is 13.5. The summed E-state index contributed by atoms with van der Waals surface area (Å²) in [5.41, 5.74) is 1.23. The number of halogens is 4. The lowest BCUT2D eigenvalue weighted by molar-refractivity contribution is -0.0844. The molecule has 0 unspecified atom stereocenters. The van der Waals surface area contributed by atoms with E-state index in [4.69, 9.17) is 9.47 Å². The molecular weight excluding hydrogens is 532 g/mol. The zero-order valence-electron chi connectivity index (χ0n) is 22.0. The number of methoxy groups -OCH3 is 1. The fourth-order valence-electron chi connectivity index (χ4n) is 5.04. The number of carbonyl (C=O) groups excluding carboxylic acids is 1. The van der Waals surface area contributed by atoms with Crippen molar-refractivity contribution in [3.63, 3.8) is 0 Å². The van der Waals surface area contributed by atoms with Crippen LogP contribution in [0.25, 0.3) is 33.3 Å². The van der Waals surface area contributed by atoms with Crippen LogP contribution in [-0.2, 0) is 14.1 Å². The second kappa shape index (κ2) is 9.86. The highest BCUT2D eigenvalue weighted by atomic mass is 19.3. The number of ether oxygens (including phenoxy) is 2. The summed E-state index contributed by atoms with van der Waals surface area (Å²) in [6, 6.07) is 8.33. The fraction of sp³-hybridized carbons (Fsp3) is 0.333. The van der Waals surface area contributed by atoms with Gasteiger partial charge in [-0.3, -0.25) is 14.2 Å². The molecule has 5 rings (SSSR count). The fourth-order valence-corrected chi connectivity index (χ4v) is 5.04. The number of nitriles is 1. The minimum atomic E-state index is -3.28. The SMILES string of the molecule is COc1cc(-c2c3c(C#N)cc(-c4cnn(C)c4)cc3nn2C)cc(OC(F)F)c1C(=O)N1CC(C)(C(F)F)C1. The lowest BCUT2D eigenvalue weighted by atomic mass is 9.82. The van der Waals surface area contributed by atoms with Crippen LogP contribution < -0.4 is 9.47 Å². The molecule has 208 valence electrons. The van der Waals surface area contributed by atoms with Gasteiger partial charge in [0.25, 0.3) is 5.91 Å². The molecule has 1 saturated heterocycles. The van der Waals surface area contributed by atoms with Crippen molar-refractivity contribution in [2.75, 3.05) is 20.2 Å². The Morgan fingerprint density at radius 3 is 2.35 bits per heavy atom. The third-order valence-electron chi connectivity index (χ3n) is 7.00. The van der Waals surface area contributed by atoms with Crippen molar-refractivity contribution < 1.29 is 31.8 Å². The number of alkyl halides is 4. The van der Waals surface area contributed by atoms with Crippen LogP contribution in [0.3, 0.4) is 0 Å². The van der Waals surface area contributed by atoms with E-state index in [-0.39, 0.29) is 30.0 Å². The first-order chi connectivity index (χ1) is 18.9. The molecule has 1 aliphatic heterocycles. The predicted molar refractivity (Wildman–Crippen MR) is 136 cm³/mol. The standard InChI is InChI=1S/C27H24F4N6O3/c1-27(25(28)29)12-37(13-27)24(38)22-19(39-4)7-15(8-20(22)40-26(30)31)23-21-16(9-32)5-14(6-18(21)34-36(23)3)17-10-33-35(2)11-17/h5-8,10-11,25-26H,12-13H2,1-4H3. The number of amides is 1. The lowest BCUT2D eigenvalue weighted by Crippen LogP contribution is -2.60. The minimum Gasteiger partial charge on any atom is -0.496 e. The summed E-state index contributed by atoms with van der Waals surface area (Å²) in [4.78, 5) is 14.4. The van der Waals surface area contributed by atoms with E-state index < -0.39 is 30.1 Å². The van der Waals surface area contributed by atoms with Gasteiger partial charge >= 0.3 is 6.61 Å². The van der Waals surface area contributed by atoms with Crippen LogP contribution in [0, 0.1) is 16.7 Å². The third-order valence-corrected chi connectivity index (χ3v) is 7.00. The third kappa shape index (κ3) is 4.49. The van der Waals surface area contributed by atoms with Gasteiger partial charge in [-0.25, -0.2) is 8.78 Å². The van der Waals surface area contributed by atoms with Gasteiger partial charge in [-0.1, -0.05) is 6.92 Å². The number of fused-ring (bicyclic) bond motifs is 1. The number of benzene rings is 2. The quantitative estimate of drug-likeness (QED) is 0.302. The van der Waals surface area contributed by atoms with Crippen LogP contribution >= 0.6 is 0 Å². The highest BCUT2D eigenvalue weighted by Crippen LogP contribution is 2.43. The summed E-state index contributed by atoms with van der Waals surface area (Å²) in [5.74, 6) is -1.35. The van der Waals surface area contributed by atoms with Gasteiger partial charge in [0, 0.05) is 49.9 Å². The number of carbonyl (C=O) groups is 1. The highest BCUT2D eigenvalue weighted by molar-refractivity contribution is 6.04. The van der Waals surface area contributed by atoms with Crippen molar-refractivity contribution in [3.05, 3.63) is 47.8 Å².